The van der Waals surface area contributed by atoms with Gasteiger partial charge in [0.05, 0.1) is 37.6 Å². The lowest BCUT2D eigenvalue weighted by molar-refractivity contribution is -0.202. The van der Waals surface area contributed by atoms with Crippen LogP contribution < -0.4 is 0 Å². The second-order valence-electron chi connectivity index (χ2n) is 15.7. The molecule has 5 nitrogen and oxygen atoms in total. The normalized spacial score (nSPS) is 15.3. The smallest absolute Gasteiger partial charge is 0.143 e. The maximum atomic E-state index is 7.63. The summed E-state index contributed by atoms with van der Waals surface area (Å²) in [6.07, 6.45) is -1.04. The predicted octanol–water partition coefficient (Wildman–Crippen LogP) is 12.5. The standard InChI is InChI=1S/C56H56O5S2/c1-8-23-44(24-9-1)39-57-51(43-61-56(48-31-16-5-17-32-48,49-33-18-6-19-34-49)50-35-20-7-21-36-50)52(58-40-45-25-10-2-11-26-45)53(59-41-46-27-12-3-13-28-46)54(55-62-37-22-38-63-55)60-42-47-29-14-4-15-30-47/h1-21,23-36,51-55H,22,37-43H2/t51-,52+,53+,54+/m0/s1. The fourth-order valence-electron chi connectivity index (χ4n) is 8.11. The molecule has 0 bridgehead atoms. The van der Waals surface area contributed by atoms with Crippen molar-refractivity contribution < 1.29 is 23.7 Å². The molecule has 4 atom stereocenters. The molecule has 1 saturated heterocycles. The molecule has 0 amide bonds. The number of hydrogen-bond donors (Lipinski definition) is 0. The summed E-state index contributed by atoms with van der Waals surface area (Å²) in [5.41, 5.74) is 6.36. The van der Waals surface area contributed by atoms with E-state index in [-0.39, 0.29) is 17.3 Å². The lowest BCUT2D eigenvalue weighted by Crippen LogP contribution is -2.54. The molecule has 0 unspecified atom stereocenters. The van der Waals surface area contributed by atoms with Crippen molar-refractivity contribution in [3.8, 4) is 0 Å². The molecule has 63 heavy (non-hydrogen) atoms. The highest BCUT2D eigenvalue weighted by atomic mass is 32.2. The maximum absolute atomic E-state index is 7.63. The van der Waals surface area contributed by atoms with E-state index in [9.17, 15) is 0 Å². The topological polar surface area (TPSA) is 46.2 Å². The quantitative estimate of drug-likeness (QED) is 0.0629. The van der Waals surface area contributed by atoms with E-state index in [0.29, 0.717) is 26.4 Å². The van der Waals surface area contributed by atoms with Gasteiger partial charge in [-0.25, -0.2) is 0 Å². The second-order valence-corrected chi connectivity index (χ2v) is 18.5. The van der Waals surface area contributed by atoms with Crippen LogP contribution >= 0.6 is 23.5 Å². The van der Waals surface area contributed by atoms with Crippen LogP contribution in [-0.2, 0) is 55.7 Å². The highest BCUT2D eigenvalue weighted by molar-refractivity contribution is 8.17. The van der Waals surface area contributed by atoms with Gasteiger partial charge in [-0.05, 0) is 56.9 Å². The first-order chi connectivity index (χ1) is 31.3. The Kier molecular flexibility index (Phi) is 16.8. The minimum Gasteiger partial charge on any atom is -0.369 e. The number of hydrogen-bond acceptors (Lipinski definition) is 7. The van der Waals surface area contributed by atoms with Crippen LogP contribution in [-0.4, -0.2) is 47.1 Å². The molecular weight excluding hydrogens is 817 g/mol. The van der Waals surface area contributed by atoms with Crippen molar-refractivity contribution in [1.29, 1.82) is 0 Å². The Morgan fingerprint density at radius 2 is 0.730 bits per heavy atom. The first kappa shape index (κ1) is 44.6. The van der Waals surface area contributed by atoms with Gasteiger partial charge in [0.2, 0.25) is 0 Å². The Bertz CT molecular complexity index is 2200. The second kappa shape index (κ2) is 23.6. The molecule has 1 aliphatic heterocycles. The summed E-state index contributed by atoms with van der Waals surface area (Å²) in [6.45, 7) is 1.68. The molecule has 0 spiro atoms. The molecule has 7 heteroatoms. The number of benzene rings is 7. The molecule has 1 fully saturated rings. The third-order valence-electron chi connectivity index (χ3n) is 11.3. The third-order valence-corrected chi connectivity index (χ3v) is 14.4. The average Bonchev–Trinajstić information content (AvgIpc) is 3.37. The Morgan fingerprint density at radius 1 is 0.397 bits per heavy atom. The van der Waals surface area contributed by atoms with Gasteiger partial charge in [0, 0.05) is 0 Å². The van der Waals surface area contributed by atoms with Crippen LogP contribution in [0.15, 0.2) is 212 Å². The zero-order valence-corrected chi connectivity index (χ0v) is 37.2. The first-order valence-electron chi connectivity index (χ1n) is 21.9. The minimum atomic E-state index is -0.985. The van der Waals surface area contributed by atoms with Gasteiger partial charge < -0.3 is 23.7 Å². The zero-order chi connectivity index (χ0) is 42.8. The van der Waals surface area contributed by atoms with Crippen molar-refractivity contribution in [2.24, 2.45) is 0 Å². The molecular formula is C56H56O5S2. The van der Waals surface area contributed by atoms with Crippen LogP contribution in [0.5, 0.6) is 0 Å². The summed E-state index contributed by atoms with van der Waals surface area (Å²) in [4.78, 5) is 0. The van der Waals surface area contributed by atoms with Gasteiger partial charge in [-0.2, -0.15) is 0 Å². The van der Waals surface area contributed by atoms with E-state index in [4.69, 9.17) is 23.7 Å². The minimum absolute atomic E-state index is 0.0961. The van der Waals surface area contributed by atoms with Crippen molar-refractivity contribution in [3.63, 3.8) is 0 Å². The summed E-state index contributed by atoms with van der Waals surface area (Å²) in [5, 5.41) is 0. The van der Waals surface area contributed by atoms with Crippen molar-refractivity contribution in [2.75, 3.05) is 18.1 Å². The van der Waals surface area contributed by atoms with Crippen molar-refractivity contribution in [2.45, 2.75) is 67.4 Å². The fraction of sp³-hybridized carbons (Fsp3) is 0.250. The summed E-state index contributed by atoms with van der Waals surface area (Å²) in [5.74, 6) is 2.10. The van der Waals surface area contributed by atoms with Gasteiger partial charge in [0.25, 0.3) is 0 Å². The number of thioether (sulfide) groups is 2. The van der Waals surface area contributed by atoms with Crippen molar-refractivity contribution >= 4 is 23.5 Å². The highest BCUT2D eigenvalue weighted by Crippen LogP contribution is 2.42. The van der Waals surface area contributed by atoms with Gasteiger partial charge in [-0.3, -0.25) is 0 Å². The van der Waals surface area contributed by atoms with Crippen LogP contribution in [0.3, 0.4) is 0 Å². The molecule has 0 aliphatic carbocycles. The third kappa shape index (κ3) is 12.2. The Labute approximate surface area is 382 Å². The molecule has 7 aromatic rings. The molecule has 0 saturated carbocycles. The summed E-state index contributed by atoms with van der Waals surface area (Å²) in [7, 11) is 0. The molecule has 0 N–H and O–H groups in total. The van der Waals surface area contributed by atoms with Gasteiger partial charge in [-0.1, -0.05) is 212 Å². The molecule has 322 valence electrons. The van der Waals surface area contributed by atoms with E-state index in [2.05, 4.69) is 188 Å². The molecule has 1 aliphatic rings. The summed E-state index contributed by atoms with van der Waals surface area (Å²) in [6, 6.07) is 73.0. The Balaban J connectivity index is 1.25. The monoisotopic (exact) mass is 872 g/mol. The largest absolute Gasteiger partial charge is 0.369 e. The van der Waals surface area contributed by atoms with Crippen molar-refractivity contribution in [1.82, 2.24) is 0 Å². The maximum Gasteiger partial charge on any atom is 0.143 e. The van der Waals surface area contributed by atoms with Crippen LogP contribution in [0.25, 0.3) is 0 Å². The molecule has 8 rings (SSSR count). The van der Waals surface area contributed by atoms with Gasteiger partial charge in [-0.15, -0.1) is 23.5 Å². The predicted molar refractivity (Wildman–Crippen MR) is 259 cm³/mol. The van der Waals surface area contributed by atoms with Gasteiger partial charge in [0.15, 0.2) is 0 Å². The first-order valence-corrected chi connectivity index (χ1v) is 24.0. The van der Waals surface area contributed by atoms with Gasteiger partial charge >= 0.3 is 0 Å². The zero-order valence-electron chi connectivity index (χ0n) is 35.6. The van der Waals surface area contributed by atoms with Crippen LogP contribution in [0.1, 0.15) is 45.4 Å². The number of rotatable bonds is 22. The highest BCUT2D eigenvalue weighted by Gasteiger charge is 2.45. The molecule has 1 heterocycles. The molecule has 7 aromatic carbocycles. The Morgan fingerprint density at radius 3 is 1.13 bits per heavy atom. The lowest BCUT2D eigenvalue weighted by Gasteiger charge is -2.42. The van der Waals surface area contributed by atoms with E-state index in [1.807, 2.05) is 47.8 Å². The number of ether oxygens (including phenoxy) is 5. The van der Waals surface area contributed by atoms with Gasteiger partial charge in [0.1, 0.15) is 30.0 Å². The van der Waals surface area contributed by atoms with E-state index in [0.717, 1.165) is 56.9 Å². The van der Waals surface area contributed by atoms with Crippen LogP contribution in [0.2, 0.25) is 0 Å². The SMILES string of the molecule is c1ccc(CO[C@H]([C@H](OCc2ccccc2)[C@H](COC(c2ccccc2)(c2ccccc2)c2ccccc2)OCc2ccccc2)[C@@H](OCc2ccccc2)C2SCCCS2)cc1. The fourth-order valence-corrected chi connectivity index (χ4v) is 11.2. The van der Waals surface area contributed by atoms with E-state index < -0.39 is 23.9 Å². The summed E-state index contributed by atoms with van der Waals surface area (Å²) >= 11 is 3.90. The lowest BCUT2D eigenvalue weighted by atomic mass is 9.80. The van der Waals surface area contributed by atoms with Crippen LogP contribution in [0, 0.1) is 0 Å². The van der Waals surface area contributed by atoms with E-state index >= 15 is 0 Å². The van der Waals surface area contributed by atoms with Crippen molar-refractivity contribution in [3.05, 3.63) is 251 Å². The van der Waals surface area contributed by atoms with Crippen LogP contribution in [0.4, 0.5) is 0 Å². The van der Waals surface area contributed by atoms with E-state index in [1.54, 1.807) is 0 Å². The summed E-state index contributed by atoms with van der Waals surface area (Å²) < 4.78 is 36.7. The van der Waals surface area contributed by atoms with E-state index in [1.165, 1.54) is 0 Å². The molecule has 0 radical (unpaired) electrons. The Hall–Kier alpha value is -4.96. The average molecular weight is 873 g/mol. The molecule has 0 aromatic heterocycles.